The molecule has 0 aliphatic rings. The van der Waals surface area contributed by atoms with E-state index in [0.717, 1.165) is 29.8 Å². The zero-order chi connectivity index (χ0) is 13.0. The summed E-state index contributed by atoms with van der Waals surface area (Å²) in [6.07, 6.45) is 1.00. The Hall–Kier alpha value is -1.32. The van der Waals surface area contributed by atoms with Crippen molar-refractivity contribution in [2.45, 2.75) is 32.4 Å². The number of ether oxygens (including phenoxy) is 1. The lowest BCUT2D eigenvalue weighted by atomic mass is 10.1. The molecule has 3 heteroatoms. The number of hydrogen-bond acceptors (Lipinski definition) is 3. The first-order valence-electron chi connectivity index (χ1n) is 6.44. The lowest BCUT2D eigenvalue weighted by molar-refractivity contribution is 0.182. The van der Waals surface area contributed by atoms with Gasteiger partial charge in [0.05, 0.1) is 6.04 Å². The molecule has 3 nitrogen and oxygen atoms in total. The van der Waals surface area contributed by atoms with Crippen molar-refractivity contribution in [3.05, 3.63) is 36.1 Å². The minimum absolute atomic E-state index is 0.212. The monoisotopic (exact) mass is 247 g/mol. The molecule has 0 saturated carbocycles. The molecule has 2 aromatic rings. The van der Waals surface area contributed by atoms with Gasteiger partial charge in [-0.2, -0.15) is 0 Å². The second kappa shape index (κ2) is 6.03. The van der Waals surface area contributed by atoms with Crippen LogP contribution in [0.4, 0.5) is 0 Å². The second-order valence-electron chi connectivity index (χ2n) is 4.76. The molecule has 0 spiro atoms. The summed E-state index contributed by atoms with van der Waals surface area (Å²) in [6.45, 7) is 5.07. The van der Waals surface area contributed by atoms with Gasteiger partial charge < -0.3 is 14.5 Å². The molecule has 1 N–H and O–H groups in total. The van der Waals surface area contributed by atoms with Crippen LogP contribution in [0.5, 0.6) is 0 Å². The van der Waals surface area contributed by atoms with E-state index < -0.39 is 0 Å². The quantitative estimate of drug-likeness (QED) is 0.848. The summed E-state index contributed by atoms with van der Waals surface area (Å²) in [7, 11) is 1.73. The van der Waals surface area contributed by atoms with Crippen LogP contribution in [0, 0.1) is 0 Å². The van der Waals surface area contributed by atoms with E-state index in [0.29, 0.717) is 6.04 Å². The molecule has 1 heterocycles. The third kappa shape index (κ3) is 3.12. The Kier molecular flexibility index (Phi) is 4.39. The van der Waals surface area contributed by atoms with Crippen LogP contribution in [0.2, 0.25) is 0 Å². The zero-order valence-electron chi connectivity index (χ0n) is 11.3. The Labute approximate surface area is 108 Å². The lowest BCUT2D eigenvalue weighted by Gasteiger charge is -2.17. The molecule has 0 radical (unpaired) electrons. The lowest BCUT2D eigenvalue weighted by Crippen LogP contribution is -2.29. The average Bonchev–Trinajstić information content (AvgIpc) is 2.80. The van der Waals surface area contributed by atoms with Gasteiger partial charge in [0.25, 0.3) is 0 Å². The van der Waals surface area contributed by atoms with E-state index >= 15 is 0 Å². The fourth-order valence-electron chi connectivity index (χ4n) is 2.10. The first kappa shape index (κ1) is 13.1. The Morgan fingerprint density at radius 1 is 1.28 bits per heavy atom. The van der Waals surface area contributed by atoms with Crippen molar-refractivity contribution in [3.8, 4) is 0 Å². The summed E-state index contributed by atoms with van der Waals surface area (Å²) >= 11 is 0. The smallest absolute Gasteiger partial charge is 0.134 e. The fourth-order valence-corrected chi connectivity index (χ4v) is 2.10. The Morgan fingerprint density at radius 2 is 2.06 bits per heavy atom. The molecule has 2 atom stereocenters. The first-order valence-corrected chi connectivity index (χ1v) is 6.44. The molecule has 1 aromatic carbocycles. The number of nitrogens with one attached hydrogen (secondary N) is 1. The van der Waals surface area contributed by atoms with Crippen molar-refractivity contribution in [1.82, 2.24) is 5.32 Å². The highest BCUT2D eigenvalue weighted by Crippen LogP contribution is 2.23. The van der Waals surface area contributed by atoms with Crippen LogP contribution in [-0.2, 0) is 4.74 Å². The highest BCUT2D eigenvalue weighted by Gasteiger charge is 2.13. The van der Waals surface area contributed by atoms with Gasteiger partial charge in [0.15, 0.2) is 0 Å². The number of hydrogen-bond donors (Lipinski definition) is 1. The number of furan rings is 1. The maximum Gasteiger partial charge on any atom is 0.134 e. The highest BCUT2D eigenvalue weighted by molar-refractivity contribution is 5.77. The van der Waals surface area contributed by atoms with Crippen molar-refractivity contribution in [2.75, 3.05) is 13.7 Å². The van der Waals surface area contributed by atoms with Gasteiger partial charge in [-0.15, -0.1) is 0 Å². The SMILES string of the molecule is COCCC(C)NC(C)c1cc2ccccc2o1. The molecule has 0 bridgehead atoms. The molecular weight excluding hydrogens is 226 g/mol. The van der Waals surface area contributed by atoms with Crippen LogP contribution in [0.1, 0.15) is 32.1 Å². The molecule has 98 valence electrons. The van der Waals surface area contributed by atoms with Crippen molar-refractivity contribution in [1.29, 1.82) is 0 Å². The van der Waals surface area contributed by atoms with Crippen molar-refractivity contribution in [3.63, 3.8) is 0 Å². The predicted molar refractivity (Wildman–Crippen MR) is 73.7 cm³/mol. The van der Waals surface area contributed by atoms with Crippen molar-refractivity contribution in [2.24, 2.45) is 0 Å². The summed E-state index contributed by atoms with van der Waals surface area (Å²) in [5.41, 5.74) is 0.950. The van der Waals surface area contributed by atoms with E-state index in [1.165, 1.54) is 0 Å². The van der Waals surface area contributed by atoms with Crippen LogP contribution in [0.15, 0.2) is 34.7 Å². The van der Waals surface area contributed by atoms with Crippen LogP contribution < -0.4 is 5.32 Å². The van der Waals surface area contributed by atoms with Gasteiger partial charge in [-0.1, -0.05) is 18.2 Å². The summed E-state index contributed by atoms with van der Waals surface area (Å²) in [4.78, 5) is 0. The van der Waals surface area contributed by atoms with Gasteiger partial charge in [-0.25, -0.2) is 0 Å². The summed E-state index contributed by atoms with van der Waals surface area (Å²) in [5, 5.41) is 4.68. The Morgan fingerprint density at radius 3 is 2.78 bits per heavy atom. The maximum absolute atomic E-state index is 5.84. The normalized spacial score (nSPS) is 14.8. The molecule has 0 aliphatic carbocycles. The molecule has 18 heavy (non-hydrogen) atoms. The minimum atomic E-state index is 0.212. The third-order valence-electron chi connectivity index (χ3n) is 3.16. The van der Waals surface area contributed by atoms with Crippen LogP contribution in [0.25, 0.3) is 11.0 Å². The topological polar surface area (TPSA) is 34.4 Å². The summed E-state index contributed by atoms with van der Waals surface area (Å²) < 4.78 is 10.9. The average molecular weight is 247 g/mol. The number of fused-ring (bicyclic) bond motifs is 1. The largest absolute Gasteiger partial charge is 0.459 e. The molecule has 2 rings (SSSR count). The van der Waals surface area contributed by atoms with Crippen molar-refractivity contribution < 1.29 is 9.15 Å². The number of para-hydroxylation sites is 1. The summed E-state index contributed by atoms with van der Waals surface area (Å²) in [6, 6.07) is 10.8. The molecular formula is C15H21NO2. The predicted octanol–water partition coefficient (Wildman–Crippen LogP) is 3.51. The standard InChI is InChI=1S/C15H21NO2/c1-11(8-9-17-3)16-12(2)15-10-13-6-4-5-7-14(13)18-15/h4-7,10-12,16H,8-9H2,1-3H3. The number of methoxy groups -OCH3 is 1. The van der Waals surface area contributed by atoms with Gasteiger partial charge in [-0.3, -0.25) is 0 Å². The fraction of sp³-hybridized carbons (Fsp3) is 0.467. The van der Waals surface area contributed by atoms with Gasteiger partial charge in [0, 0.05) is 25.1 Å². The minimum Gasteiger partial charge on any atom is -0.459 e. The Bertz CT molecular complexity index is 459. The van der Waals surface area contributed by atoms with E-state index in [4.69, 9.17) is 9.15 Å². The second-order valence-corrected chi connectivity index (χ2v) is 4.76. The molecule has 0 aliphatic heterocycles. The third-order valence-corrected chi connectivity index (χ3v) is 3.16. The van der Waals surface area contributed by atoms with E-state index in [1.54, 1.807) is 7.11 Å². The van der Waals surface area contributed by atoms with Crippen LogP contribution in [-0.4, -0.2) is 19.8 Å². The van der Waals surface area contributed by atoms with E-state index in [2.05, 4.69) is 31.3 Å². The molecule has 2 unspecified atom stereocenters. The Balaban J connectivity index is 2.01. The van der Waals surface area contributed by atoms with Crippen LogP contribution >= 0.6 is 0 Å². The highest BCUT2D eigenvalue weighted by atomic mass is 16.5. The van der Waals surface area contributed by atoms with E-state index in [9.17, 15) is 0 Å². The van der Waals surface area contributed by atoms with E-state index in [-0.39, 0.29) is 6.04 Å². The summed E-state index contributed by atoms with van der Waals surface area (Å²) in [5.74, 6) is 0.987. The number of rotatable bonds is 6. The van der Waals surface area contributed by atoms with Crippen molar-refractivity contribution >= 4 is 11.0 Å². The molecule has 0 saturated heterocycles. The van der Waals surface area contributed by atoms with Gasteiger partial charge in [0.1, 0.15) is 11.3 Å². The van der Waals surface area contributed by atoms with E-state index in [1.807, 2.05) is 18.2 Å². The zero-order valence-corrected chi connectivity index (χ0v) is 11.3. The number of benzene rings is 1. The molecule has 0 fully saturated rings. The van der Waals surface area contributed by atoms with Gasteiger partial charge >= 0.3 is 0 Å². The molecule has 1 aromatic heterocycles. The molecule has 0 amide bonds. The maximum atomic E-state index is 5.84. The van der Waals surface area contributed by atoms with Gasteiger partial charge in [-0.05, 0) is 32.4 Å². The van der Waals surface area contributed by atoms with Gasteiger partial charge in [0.2, 0.25) is 0 Å². The first-order chi connectivity index (χ1) is 8.70. The van der Waals surface area contributed by atoms with Crippen LogP contribution in [0.3, 0.4) is 0 Å².